The Labute approximate surface area is 291 Å². The van der Waals surface area contributed by atoms with E-state index >= 15 is 0 Å². The highest BCUT2D eigenvalue weighted by atomic mass is 32.3. The molecule has 0 aliphatic heterocycles. The first-order chi connectivity index (χ1) is 22.6. The van der Waals surface area contributed by atoms with E-state index in [1.807, 2.05) is 0 Å². The Hall–Kier alpha value is -3.72. The van der Waals surface area contributed by atoms with Crippen molar-refractivity contribution in [2.75, 3.05) is 37.5 Å². The van der Waals surface area contributed by atoms with Crippen molar-refractivity contribution in [3.05, 3.63) is 131 Å². The van der Waals surface area contributed by atoms with Crippen LogP contribution in [-0.4, -0.2) is 37.5 Å². The minimum Gasteiger partial charge on any atom is -0.223 e. The Balaban J connectivity index is 1.29. The molecule has 0 unspecified atom stereocenters. The molecule has 8 rings (SSSR count). The lowest BCUT2D eigenvalue weighted by Crippen LogP contribution is -2.24. The number of hydrogen-bond acceptors (Lipinski definition) is 0. The molecule has 0 nitrogen and oxygen atoms in total. The van der Waals surface area contributed by atoms with Crippen LogP contribution >= 0.6 is 20.1 Å². The van der Waals surface area contributed by atoms with Crippen molar-refractivity contribution < 1.29 is 0 Å². The molecular weight excluding hydrogens is 617 g/mol. The monoisotopic (exact) mass is 664 g/mol. The third-order valence-electron chi connectivity index (χ3n) is 11.2. The summed E-state index contributed by atoms with van der Waals surface area (Å²) < 4.78 is 0. The van der Waals surface area contributed by atoms with Gasteiger partial charge >= 0.3 is 0 Å². The second-order valence-corrected chi connectivity index (χ2v) is 24.8. The number of fused-ring (bicyclic) bond motifs is 9. The predicted molar refractivity (Wildman–Crippen MR) is 217 cm³/mol. The van der Waals surface area contributed by atoms with E-state index in [1.165, 1.54) is 87.3 Å². The minimum atomic E-state index is -0.773. The van der Waals surface area contributed by atoms with Gasteiger partial charge in [-0.2, -0.15) is 0 Å². The van der Waals surface area contributed by atoms with Gasteiger partial charge in [0.05, 0.1) is 0 Å². The van der Waals surface area contributed by atoms with E-state index in [9.17, 15) is 0 Å². The molecule has 0 saturated heterocycles. The largest absolute Gasteiger partial charge is 0.223 e. The van der Waals surface area contributed by atoms with Crippen LogP contribution in [0.5, 0.6) is 0 Å². The summed E-state index contributed by atoms with van der Waals surface area (Å²) >= 11 is 0. The fraction of sp³-hybridized carbons (Fsp3) is 0.261. The van der Waals surface area contributed by atoms with E-state index < -0.39 is 20.1 Å². The van der Waals surface area contributed by atoms with Gasteiger partial charge in [0, 0.05) is 10.8 Å². The quantitative estimate of drug-likeness (QED) is 0.176. The highest BCUT2D eigenvalue weighted by Gasteiger charge is 2.46. The van der Waals surface area contributed by atoms with Crippen LogP contribution < -0.4 is 0 Å². The molecule has 0 heterocycles. The van der Waals surface area contributed by atoms with Crippen LogP contribution in [0.15, 0.2) is 119 Å². The Morgan fingerprint density at radius 3 is 1.48 bits per heavy atom. The predicted octanol–water partition coefficient (Wildman–Crippen LogP) is 12.9. The summed E-state index contributed by atoms with van der Waals surface area (Å²) in [6, 6.07) is 42.4. The Morgan fingerprint density at radius 2 is 0.875 bits per heavy atom. The average Bonchev–Trinajstić information content (AvgIpc) is 3.42. The van der Waals surface area contributed by atoms with Gasteiger partial charge in [-0.15, -0.1) is 0 Å². The normalized spacial score (nSPS) is 16.3. The molecule has 0 N–H and O–H groups in total. The SMILES string of the molecule is CC1(C)c2cc(-c3ccc(S(C)(C)C)cc3)ccc2-c2ccc3c(c21)C(C)(C)c1cc(-c2ccc(S(C)(C)C)cc2)c2ccccc2c1-3. The van der Waals surface area contributed by atoms with Gasteiger partial charge in [0.25, 0.3) is 0 Å². The van der Waals surface area contributed by atoms with Crippen LogP contribution in [0.1, 0.15) is 49.9 Å². The highest BCUT2D eigenvalue weighted by molar-refractivity contribution is 8.32. The molecule has 6 aromatic carbocycles. The van der Waals surface area contributed by atoms with Crippen molar-refractivity contribution in [2.24, 2.45) is 0 Å². The zero-order valence-corrected chi connectivity index (χ0v) is 31.8. The molecule has 48 heavy (non-hydrogen) atoms. The standard InChI is InChI=1S/C46H48S2/c1-45(2)40-27-31(29-15-20-32(21-16-29)47(5,6)7)19-24-35(40)37-25-26-38-42-36-14-12-11-13-34(36)39(28-41(42)46(3,4)44(38)43(37)45)30-17-22-33(23-18-30)48(8,9)10/h11-28H,1-10H3. The van der Waals surface area contributed by atoms with Crippen LogP contribution in [0.4, 0.5) is 0 Å². The fourth-order valence-electron chi connectivity index (χ4n) is 8.57. The van der Waals surface area contributed by atoms with Crippen molar-refractivity contribution in [3.63, 3.8) is 0 Å². The topological polar surface area (TPSA) is 0 Å². The van der Waals surface area contributed by atoms with E-state index in [0.29, 0.717) is 0 Å². The number of hydrogen-bond donors (Lipinski definition) is 0. The molecule has 0 radical (unpaired) electrons. The van der Waals surface area contributed by atoms with E-state index in [1.54, 1.807) is 0 Å². The first-order valence-corrected chi connectivity index (χ1v) is 22.8. The summed E-state index contributed by atoms with van der Waals surface area (Å²) in [6.07, 6.45) is 14.2. The van der Waals surface area contributed by atoms with Gasteiger partial charge in [0.2, 0.25) is 0 Å². The van der Waals surface area contributed by atoms with Crippen LogP contribution in [0.3, 0.4) is 0 Å². The number of benzene rings is 6. The molecule has 2 aliphatic rings. The molecule has 0 spiro atoms. The molecule has 6 aromatic rings. The third kappa shape index (κ3) is 4.59. The smallest absolute Gasteiger partial charge is 0.0162 e. The first-order valence-electron chi connectivity index (χ1n) is 17.1. The van der Waals surface area contributed by atoms with Crippen molar-refractivity contribution >= 4 is 30.8 Å². The second kappa shape index (κ2) is 10.4. The molecule has 0 bridgehead atoms. The molecule has 2 heteroatoms. The van der Waals surface area contributed by atoms with Crippen molar-refractivity contribution in [2.45, 2.75) is 48.3 Å². The van der Waals surface area contributed by atoms with Gasteiger partial charge in [-0.3, -0.25) is 0 Å². The maximum absolute atomic E-state index is 2.53. The summed E-state index contributed by atoms with van der Waals surface area (Å²) in [5.74, 6) is 0. The van der Waals surface area contributed by atoms with E-state index in [0.717, 1.165) is 0 Å². The summed E-state index contributed by atoms with van der Waals surface area (Å²) in [5, 5.41) is 2.70. The second-order valence-electron chi connectivity index (χ2n) is 16.5. The lowest BCUT2D eigenvalue weighted by atomic mass is 9.72. The molecular formula is C46H48S2. The molecule has 0 fully saturated rings. The molecule has 0 amide bonds. The fourth-order valence-corrected chi connectivity index (χ4v) is 10.5. The summed E-state index contributed by atoms with van der Waals surface area (Å²) in [6.45, 7) is 9.84. The van der Waals surface area contributed by atoms with E-state index in [2.05, 4.69) is 174 Å². The van der Waals surface area contributed by atoms with Gasteiger partial charge in [-0.05, 0) is 161 Å². The van der Waals surface area contributed by atoms with Gasteiger partial charge < -0.3 is 0 Å². The third-order valence-corrected chi connectivity index (χ3v) is 14.6. The van der Waals surface area contributed by atoms with Crippen LogP contribution in [0.2, 0.25) is 0 Å². The Bertz CT molecular complexity index is 2270. The summed E-state index contributed by atoms with van der Waals surface area (Å²) in [4.78, 5) is 2.91. The van der Waals surface area contributed by atoms with Gasteiger partial charge in [-0.1, -0.05) is 100 Å². The van der Waals surface area contributed by atoms with Gasteiger partial charge in [0.15, 0.2) is 0 Å². The zero-order valence-electron chi connectivity index (χ0n) is 30.2. The van der Waals surface area contributed by atoms with E-state index in [4.69, 9.17) is 0 Å². The van der Waals surface area contributed by atoms with Crippen molar-refractivity contribution in [1.82, 2.24) is 0 Å². The molecule has 2 aliphatic carbocycles. The Kier molecular flexibility index (Phi) is 6.83. The first kappa shape index (κ1) is 31.5. The van der Waals surface area contributed by atoms with Gasteiger partial charge in [-0.25, -0.2) is 20.1 Å². The summed E-state index contributed by atoms with van der Waals surface area (Å²) in [5.41, 5.74) is 16.5. The average molecular weight is 665 g/mol. The van der Waals surface area contributed by atoms with Gasteiger partial charge in [0.1, 0.15) is 0 Å². The van der Waals surface area contributed by atoms with Crippen LogP contribution in [0, 0.1) is 0 Å². The van der Waals surface area contributed by atoms with E-state index in [-0.39, 0.29) is 10.8 Å². The molecule has 0 atom stereocenters. The van der Waals surface area contributed by atoms with Crippen LogP contribution in [-0.2, 0) is 10.8 Å². The van der Waals surface area contributed by atoms with Crippen molar-refractivity contribution in [1.29, 1.82) is 0 Å². The highest BCUT2D eigenvalue weighted by Crippen LogP contribution is 2.61. The molecule has 0 saturated carbocycles. The lowest BCUT2D eigenvalue weighted by molar-refractivity contribution is 0.601. The lowest BCUT2D eigenvalue weighted by Gasteiger charge is -2.31. The summed E-state index contributed by atoms with van der Waals surface area (Å²) in [7, 11) is -1.52. The van der Waals surface area contributed by atoms with Crippen molar-refractivity contribution in [3.8, 4) is 44.5 Å². The maximum Gasteiger partial charge on any atom is 0.0162 e. The zero-order chi connectivity index (χ0) is 34.0. The molecule has 244 valence electrons. The Morgan fingerprint density at radius 1 is 0.396 bits per heavy atom. The minimum absolute atomic E-state index is 0.120. The maximum atomic E-state index is 2.53. The number of rotatable bonds is 4. The van der Waals surface area contributed by atoms with Crippen LogP contribution in [0.25, 0.3) is 55.3 Å². The molecule has 0 aromatic heterocycles.